The molecule has 1 aromatic rings. The van der Waals surface area contributed by atoms with E-state index in [4.69, 9.17) is 16.3 Å². The Morgan fingerprint density at radius 2 is 2.15 bits per heavy atom. The van der Waals surface area contributed by atoms with Gasteiger partial charge >= 0.3 is 6.03 Å². The number of hydrogen-bond acceptors (Lipinski definition) is 3. The van der Waals surface area contributed by atoms with Crippen molar-refractivity contribution in [1.82, 2.24) is 4.90 Å². The van der Waals surface area contributed by atoms with Gasteiger partial charge in [-0.25, -0.2) is 9.69 Å². The lowest BCUT2D eigenvalue weighted by molar-refractivity contribution is -0.122. The van der Waals surface area contributed by atoms with Gasteiger partial charge in [0, 0.05) is 11.6 Å². The van der Waals surface area contributed by atoms with E-state index in [0.29, 0.717) is 30.5 Å². The Morgan fingerprint density at radius 3 is 2.90 bits per heavy atom. The Balaban J connectivity index is 1.93. The van der Waals surface area contributed by atoms with Crippen LogP contribution in [0.3, 0.4) is 0 Å². The number of benzene rings is 1. The number of ether oxygens (including phenoxy) is 1. The van der Waals surface area contributed by atoms with Gasteiger partial charge in [0.1, 0.15) is 0 Å². The highest BCUT2D eigenvalue weighted by atomic mass is 35.5. The number of imide groups is 1. The normalized spacial score (nSPS) is 23.0. The van der Waals surface area contributed by atoms with Crippen molar-refractivity contribution in [1.29, 1.82) is 0 Å². The predicted molar refractivity (Wildman–Crippen MR) is 75.0 cm³/mol. The third-order valence-electron chi connectivity index (χ3n) is 3.74. The van der Waals surface area contributed by atoms with Crippen LogP contribution >= 0.6 is 11.6 Å². The molecule has 6 heteroatoms. The van der Waals surface area contributed by atoms with Gasteiger partial charge in [-0.05, 0) is 24.6 Å². The van der Waals surface area contributed by atoms with E-state index in [1.165, 1.54) is 4.90 Å². The average Bonchev–Trinajstić information content (AvgIpc) is 2.43. The van der Waals surface area contributed by atoms with Crippen molar-refractivity contribution >= 4 is 29.2 Å². The first-order valence-electron chi connectivity index (χ1n) is 6.55. The number of fused-ring (bicyclic) bond motifs is 1. The topological polar surface area (TPSA) is 49.9 Å². The van der Waals surface area contributed by atoms with Crippen LogP contribution in [0.4, 0.5) is 10.5 Å². The predicted octanol–water partition coefficient (Wildman–Crippen LogP) is 2.21. The molecule has 0 spiro atoms. The summed E-state index contributed by atoms with van der Waals surface area (Å²) in [6.07, 6.45) is 0.289. The molecular weight excluding hydrogens is 280 g/mol. The lowest BCUT2D eigenvalue weighted by Crippen LogP contribution is -2.61. The maximum absolute atomic E-state index is 12.5. The van der Waals surface area contributed by atoms with E-state index in [1.54, 1.807) is 17.0 Å². The van der Waals surface area contributed by atoms with Crippen molar-refractivity contribution in [2.75, 3.05) is 24.7 Å². The van der Waals surface area contributed by atoms with Gasteiger partial charge in [0.15, 0.2) is 0 Å². The fourth-order valence-electron chi connectivity index (χ4n) is 2.58. The quantitative estimate of drug-likeness (QED) is 0.798. The number of carbonyl (C=O) groups is 2. The molecular formula is C14H15ClN2O3. The molecule has 0 saturated carbocycles. The molecule has 0 aliphatic carbocycles. The van der Waals surface area contributed by atoms with E-state index in [0.717, 1.165) is 5.56 Å². The highest BCUT2D eigenvalue weighted by molar-refractivity contribution is 6.32. The van der Waals surface area contributed by atoms with Crippen LogP contribution in [-0.4, -0.2) is 42.6 Å². The summed E-state index contributed by atoms with van der Waals surface area (Å²) in [5.74, 6) is -0.207. The van der Waals surface area contributed by atoms with Crippen LogP contribution in [-0.2, 0) is 9.53 Å². The van der Waals surface area contributed by atoms with Crippen molar-refractivity contribution in [2.45, 2.75) is 19.4 Å². The van der Waals surface area contributed by atoms with E-state index in [-0.39, 0.29) is 24.4 Å². The number of carbonyl (C=O) groups excluding carboxylic acids is 2. The Labute approximate surface area is 122 Å². The van der Waals surface area contributed by atoms with Crippen molar-refractivity contribution < 1.29 is 14.3 Å². The fraction of sp³-hybridized carbons (Fsp3) is 0.429. The van der Waals surface area contributed by atoms with Gasteiger partial charge < -0.3 is 9.64 Å². The first-order valence-corrected chi connectivity index (χ1v) is 6.93. The molecule has 2 aliphatic rings. The molecule has 2 saturated heterocycles. The zero-order chi connectivity index (χ0) is 14.3. The summed E-state index contributed by atoms with van der Waals surface area (Å²) in [6, 6.07) is 4.80. The van der Waals surface area contributed by atoms with Gasteiger partial charge in [-0.1, -0.05) is 17.7 Å². The third-order valence-corrected chi connectivity index (χ3v) is 4.14. The molecule has 1 aromatic carbocycles. The molecule has 2 fully saturated rings. The number of amides is 3. The Hall–Kier alpha value is -1.59. The summed E-state index contributed by atoms with van der Waals surface area (Å²) >= 11 is 6.08. The van der Waals surface area contributed by atoms with Crippen LogP contribution in [0.5, 0.6) is 0 Å². The Bertz CT molecular complexity index is 576. The SMILES string of the molecule is Cc1ccc(N2C(=O)CC3COCCN3C2=O)cc1Cl. The number of urea groups is 1. The molecule has 0 bridgehead atoms. The third kappa shape index (κ3) is 2.17. The molecule has 0 radical (unpaired) electrons. The minimum atomic E-state index is -0.283. The van der Waals surface area contributed by atoms with Crippen molar-refractivity contribution in [3.8, 4) is 0 Å². The summed E-state index contributed by atoms with van der Waals surface area (Å²) in [4.78, 5) is 27.7. The zero-order valence-corrected chi connectivity index (χ0v) is 11.9. The van der Waals surface area contributed by atoms with E-state index >= 15 is 0 Å². The first-order chi connectivity index (χ1) is 9.58. The summed E-state index contributed by atoms with van der Waals surface area (Å²) in [5, 5.41) is 0.548. The molecule has 2 aliphatic heterocycles. The largest absolute Gasteiger partial charge is 0.377 e. The van der Waals surface area contributed by atoms with E-state index < -0.39 is 0 Å². The zero-order valence-electron chi connectivity index (χ0n) is 11.1. The average molecular weight is 295 g/mol. The molecule has 3 rings (SSSR count). The molecule has 5 nitrogen and oxygen atoms in total. The number of hydrogen-bond donors (Lipinski definition) is 0. The second kappa shape index (κ2) is 5.07. The van der Waals surface area contributed by atoms with Crippen LogP contribution < -0.4 is 4.90 Å². The smallest absolute Gasteiger partial charge is 0.331 e. The van der Waals surface area contributed by atoms with E-state index in [9.17, 15) is 9.59 Å². The van der Waals surface area contributed by atoms with Gasteiger partial charge in [-0.2, -0.15) is 0 Å². The highest BCUT2D eigenvalue weighted by Crippen LogP contribution is 2.29. The number of halogens is 1. The number of aryl methyl sites for hydroxylation is 1. The number of nitrogens with zero attached hydrogens (tertiary/aromatic N) is 2. The number of rotatable bonds is 1. The number of anilines is 1. The lowest BCUT2D eigenvalue weighted by Gasteiger charge is -2.42. The molecule has 2 heterocycles. The minimum absolute atomic E-state index is 0.138. The maximum atomic E-state index is 12.5. The molecule has 20 heavy (non-hydrogen) atoms. The fourth-order valence-corrected chi connectivity index (χ4v) is 2.75. The second-order valence-electron chi connectivity index (χ2n) is 5.07. The summed E-state index contributed by atoms with van der Waals surface area (Å²) < 4.78 is 5.33. The molecule has 1 atom stereocenters. The van der Waals surface area contributed by atoms with E-state index in [1.807, 2.05) is 13.0 Å². The summed E-state index contributed by atoms with van der Waals surface area (Å²) in [6.45, 7) is 3.34. The van der Waals surface area contributed by atoms with Crippen molar-refractivity contribution in [2.24, 2.45) is 0 Å². The minimum Gasteiger partial charge on any atom is -0.377 e. The summed E-state index contributed by atoms with van der Waals surface area (Å²) in [5.41, 5.74) is 1.44. The molecule has 0 N–H and O–H groups in total. The highest BCUT2D eigenvalue weighted by Gasteiger charge is 2.41. The Morgan fingerprint density at radius 1 is 1.35 bits per heavy atom. The monoisotopic (exact) mass is 294 g/mol. The maximum Gasteiger partial charge on any atom is 0.331 e. The van der Waals surface area contributed by atoms with Gasteiger partial charge in [0.05, 0.1) is 31.4 Å². The molecule has 3 amide bonds. The van der Waals surface area contributed by atoms with Crippen LogP contribution in [0.2, 0.25) is 5.02 Å². The van der Waals surface area contributed by atoms with Crippen LogP contribution in [0.25, 0.3) is 0 Å². The molecule has 106 valence electrons. The van der Waals surface area contributed by atoms with Crippen LogP contribution in [0.15, 0.2) is 18.2 Å². The molecule has 1 unspecified atom stereocenters. The molecule has 0 aromatic heterocycles. The van der Waals surface area contributed by atoms with Gasteiger partial charge in [-0.3, -0.25) is 4.79 Å². The van der Waals surface area contributed by atoms with Crippen LogP contribution in [0, 0.1) is 6.92 Å². The van der Waals surface area contributed by atoms with Gasteiger partial charge in [0.2, 0.25) is 5.91 Å². The number of morpholine rings is 1. The first kappa shape index (κ1) is 13.4. The lowest BCUT2D eigenvalue weighted by atomic mass is 10.1. The summed E-state index contributed by atoms with van der Waals surface area (Å²) in [7, 11) is 0. The standard InChI is InChI=1S/C14H15ClN2O3/c1-9-2-3-10(6-12(9)15)17-13(18)7-11-8-20-5-4-16(11)14(17)19/h2-3,6,11H,4-5,7-8H2,1H3. The van der Waals surface area contributed by atoms with E-state index in [2.05, 4.69) is 0 Å². The second-order valence-corrected chi connectivity index (χ2v) is 5.48. The van der Waals surface area contributed by atoms with Crippen LogP contribution in [0.1, 0.15) is 12.0 Å². The van der Waals surface area contributed by atoms with Crippen molar-refractivity contribution in [3.05, 3.63) is 28.8 Å². The van der Waals surface area contributed by atoms with Gasteiger partial charge in [0.25, 0.3) is 0 Å². The van der Waals surface area contributed by atoms with Gasteiger partial charge in [-0.15, -0.1) is 0 Å². The van der Waals surface area contributed by atoms with Crippen molar-refractivity contribution in [3.63, 3.8) is 0 Å². The Kier molecular flexibility index (Phi) is 3.40.